The number of nitrogens with zero attached hydrogens (tertiary/aromatic N) is 2. The monoisotopic (exact) mass is 612 g/mol. The van der Waals surface area contributed by atoms with E-state index in [1.165, 1.54) is 19.4 Å². The average Bonchev–Trinajstić information content (AvgIpc) is 3.36. The van der Waals surface area contributed by atoms with Crippen molar-refractivity contribution in [3.8, 4) is 5.88 Å². The second kappa shape index (κ2) is 13.6. The summed E-state index contributed by atoms with van der Waals surface area (Å²) in [4.78, 5) is 56.6. The molecule has 4 atom stereocenters. The maximum Gasteiger partial charge on any atom is 0.353 e. The molecule has 0 unspecified atom stereocenters. The van der Waals surface area contributed by atoms with Gasteiger partial charge in [-0.05, 0) is 57.2 Å². The molecule has 232 valence electrons. The maximum absolute atomic E-state index is 13.4. The largest absolute Gasteiger partial charge is 0.481 e. The number of carbonyl (C=O) groups is 3. The quantitative estimate of drug-likeness (QED) is 0.198. The third-order valence-electron chi connectivity index (χ3n) is 7.30. The third kappa shape index (κ3) is 7.27. The standard InChI is InChI=1S/C34H32N2O9/c1-20-5-11-23(12-6-20)31(37)42-19-26-28(44-32(38)24-13-7-21(2)8-14-24)29(45-33(39)25-15-9-22(3)10-16-25)30(43-26)36-18-17-27(41-4)35-34(36)40/h5-18,26,28-30H,19H2,1-4H3/t26-,28-,29-,30-/m1/s1. The number of esters is 3. The first kappa shape index (κ1) is 31.1. The Morgan fingerprint density at radius 1 is 0.711 bits per heavy atom. The molecule has 11 nitrogen and oxygen atoms in total. The Morgan fingerprint density at radius 2 is 1.18 bits per heavy atom. The van der Waals surface area contributed by atoms with Crippen LogP contribution in [-0.4, -0.2) is 59.5 Å². The highest BCUT2D eigenvalue weighted by Gasteiger charge is 2.51. The average molecular weight is 613 g/mol. The molecule has 1 saturated heterocycles. The van der Waals surface area contributed by atoms with Gasteiger partial charge in [-0.2, -0.15) is 4.98 Å². The topological polar surface area (TPSA) is 132 Å². The van der Waals surface area contributed by atoms with E-state index in [0.29, 0.717) is 5.56 Å². The SMILES string of the molecule is COc1ccn([C@@H]2O[C@H](COC(=O)c3ccc(C)cc3)[C@@H](OC(=O)c3ccc(C)cc3)[C@H]2OC(=O)c2ccc(C)cc2)c(=O)n1. The van der Waals surface area contributed by atoms with Crippen molar-refractivity contribution in [3.63, 3.8) is 0 Å². The highest BCUT2D eigenvalue weighted by molar-refractivity contribution is 5.91. The molecule has 0 amide bonds. The molecule has 0 radical (unpaired) electrons. The van der Waals surface area contributed by atoms with E-state index in [4.69, 9.17) is 23.7 Å². The number of carbonyl (C=O) groups excluding carboxylic acids is 3. The van der Waals surface area contributed by atoms with E-state index >= 15 is 0 Å². The van der Waals surface area contributed by atoms with E-state index in [2.05, 4.69) is 4.98 Å². The zero-order valence-corrected chi connectivity index (χ0v) is 25.2. The number of ether oxygens (including phenoxy) is 5. The van der Waals surface area contributed by atoms with Gasteiger partial charge in [0.25, 0.3) is 0 Å². The summed E-state index contributed by atoms with van der Waals surface area (Å²) in [7, 11) is 1.36. The lowest BCUT2D eigenvalue weighted by Gasteiger charge is -2.25. The second-order valence-electron chi connectivity index (χ2n) is 10.7. The van der Waals surface area contributed by atoms with Crippen LogP contribution in [0.2, 0.25) is 0 Å². The molecule has 4 aromatic rings. The van der Waals surface area contributed by atoms with Crippen molar-refractivity contribution in [2.24, 2.45) is 0 Å². The minimum absolute atomic E-state index is 0.0633. The fourth-order valence-electron chi connectivity index (χ4n) is 4.73. The number of methoxy groups -OCH3 is 1. The van der Waals surface area contributed by atoms with Crippen molar-refractivity contribution in [3.05, 3.63) is 129 Å². The lowest BCUT2D eigenvalue weighted by molar-refractivity contribution is -0.0640. The molecule has 1 aliphatic heterocycles. The highest BCUT2D eigenvalue weighted by atomic mass is 16.7. The summed E-state index contributed by atoms with van der Waals surface area (Å²) in [6.07, 6.45) is -3.71. The summed E-state index contributed by atoms with van der Waals surface area (Å²) in [5.41, 5.74) is 2.85. The molecule has 0 N–H and O–H groups in total. The van der Waals surface area contributed by atoms with Gasteiger partial charge in [-0.25, -0.2) is 19.2 Å². The molecule has 0 spiro atoms. The van der Waals surface area contributed by atoms with Crippen LogP contribution in [0, 0.1) is 20.8 Å². The third-order valence-corrected chi connectivity index (χ3v) is 7.30. The van der Waals surface area contributed by atoms with Crippen LogP contribution in [0.5, 0.6) is 5.88 Å². The van der Waals surface area contributed by atoms with Crippen LogP contribution in [0.25, 0.3) is 0 Å². The van der Waals surface area contributed by atoms with Crippen LogP contribution in [0.4, 0.5) is 0 Å². The first-order valence-electron chi connectivity index (χ1n) is 14.2. The van der Waals surface area contributed by atoms with E-state index in [-0.39, 0.29) is 23.6 Å². The molecule has 3 aromatic carbocycles. The summed E-state index contributed by atoms with van der Waals surface area (Å²) < 4.78 is 29.8. The number of benzene rings is 3. The van der Waals surface area contributed by atoms with Gasteiger partial charge in [-0.15, -0.1) is 0 Å². The minimum Gasteiger partial charge on any atom is -0.481 e. The summed E-state index contributed by atoms with van der Waals surface area (Å²) >= 11 is 0. The van der Waals surface area contributed by atoms with Gasteiger partial charge in [-0.1, -0.05) is 53.1 Å². The molecule has 0 saturated carbocycles. The molecule has 0 aliphatic carbocycles. The second-order valence-corrected chi connectivity index (χ2v) is 10.7. The summed E-state index contributed by atoms with van der Waals surface area (Å²) in [6.45, 7) is 5.26. The first-order chi connectivity index (χ1) is 21.6. The van der Waals surface area contributed by atoms with Gasteiger partial charge in [0, 0.05) is 12.3 Å². The predicted molar refractivity (Wildman–Crippen MR) is 161 cm³/mol. The Labute approximate surface area is 259 Å². The van der Waals surface area contributed by atoms with E-state index in [1.54, 1.807) is 72.8 Å². The van der Waals surface area contributed by atoms with Gasteiger partial charge in [0.1, 0.15) is 12.7 Å². The highest BCUT2D eigenvalue weighted by Crippen LogP contribution is 2.35. The van der Waals surface area contributed by atoms with E-state index < -0.39 is 48.1 Å². The Balaban J connectivity index is 1.50. The number of hydrogen-bond donors (Lipinski definition) is 0. The molecule has 1 aliphatic rings. The molecule has 1 fully saturated rings. The maximum atomic E-state index is 13.4. The Bertz CT molecular complexity index is 1730. The van der Waals surface area contributed by atoms with Crippen molar-refractivity contribution in [1.82, 2.24) is 9.55 Å². The van der Waals surface area contributed by atoms with Crippen molar-refractivity contribution in [1.29, 1.82) is 0 Å². The van der Waals surface area contributed by atoms with E-state index in [1.807, 2.05) is 20.8 Å². The van der Waals surface area contributed by atoms with Gasteiger partial charge >= 0.3 is 23.6 Å². The molecule has 11 heteroatoms. The Hall–Kier alpha value is -5.29. The molecule has 1 aromatic heterocycles. The van der Waals surface area contributed by atoms with Crippen LogP contribution in [0.1, 0.15) is 54.0 Å². The van der Waals surface area contributed by atoms with Crippen LogP contribution in [-0.2, 0) is 18.9 Å². The number of aromatic nitrogens is 2. The zero-order valence-electron chi connectivity index (χ0n) is 25.2. The normalized spacial score (nSPS) is 19.0. The molecular formula is C34H32N2O9. The summed E-state index contributed by atoms with van der Waals surface area (Å²) in [6, 6.07) is 21.6. The zero-order chi connectivity index (χ0) is 32.1. The lowest BCUT2D eigenvalue weighted by Crippen LogP contribution is -2.42. The number of rotatable bonds is 9. The van der Waals surface area contributed by atoms with Crippen LogP contribution in [0.3, 0.4) is 0 Å². The predicted octanol–water partition coefficient (Wildman–Crippen LogP) is 4.38. The number of hydrogen-bond acceptors (Lipinski definition) is 10. The van der Waals surface area contributed by atoms with Crippen molar-refractivity contribution >= 4 is 17.9 Å². The van der Waals surface area contributed by atoms with Gasteiger partial charge in [-0.3, -0.25) is 4.57 Å². The minimum atomic E-state index is -1.34. The van der Waals surface area contributed by atoms with Gasteiger partial charge in [0.15, 0.2) is 18.4 Å². The van der Waals surface area contributed by atoms with Crippen molar-refractivity contribution < 1.29 is 38.1 Å². The number of aryl methyl sites for hydroxylation is 3. The van der Waals surface area contributed by atoms with Crippen molar-refractivity contribution in [2.45, 2.75) is 45.3 Å². The molecule has 5 rings (SSSR count). The molecule has 45 heavy (non-hydrogen) atoms. The van der Waals surface area contributed by atoms with Crippen LogP contribution >= 0.6 is 0 Å². The molecule has 2 heterocycles. The fourth-order valence-corrected chi connectivity index (χ4v) is 4.73. The van der Waals surface area contributed by atoms with E-state index in [0.717, 1.165) is 21.3 Å². The van der Waals surface area contributed by atoms with Crippen LogP contribution < -0.4 is 10.4 Å². The van der Waals surface area contributed by atoms with Gasteiger partial charge < -0.3 is 23.7 Å². The Kier molecular flexibility index (Phi) is 9.39. The Morgan fingerprint density at radius 3 is 1.64 bits per heavy atom. The molecular weight excluding hydrogens is 580 g/mol. The van der Waals surface area contributed by atoms with Crippen molar-refractivity contribution in [2.75, 3.05) is 13.7 Å². The first-order valence-corrected chi connectivity index (χ1v) is 14.2. The van der Waals surface area contributed by atoms with Gasteiger partial charge in [0.2, 0.25) is 5.88 Å². The van der Waals surface area contributed by atoms with Crippen LogP contribution in [0.15, 0.2) is 89.9 Å². The fraction of sp³-hybridized carbons (Fsp3) is 0.265. The summed E-state index contributed by atoms with van der Waals surface area (Å²) in [5.74, 6) is -2.04. The summed E-state index contributed by atoms with van der Waals surface area (Å²) in [5, 5.41) is 0. The molecule has 0 bridgehead atoms. The van der Waals surface area contributed by atoms with Gasteiger partial charge in [0.05, 0.1) is 23.8 Å². The lowest BCUT2D eigenvalue weighted by atomic mass is 10.1. The smallest absolute Gasteiger partial charge is 0.353 e. The van der Waals surface area contributed by atoms with E-state index in [9.17, 15) is 19.2 Å².